The summed E-state index contributed by atoms with van der Waals surface area (Å²) >= 11 is 0. The Morgan fingerprint density at radius 3 is 2.40 bits per heavy atom. The Labute approximate surface area is 60.3 Å². The number of hydrogen-bond donors (Lipinski definition) is 3. The molecule has 0 bridgehead atoms. The van der Waals surface area contributed by atoms with Crippen LogP contribution in [0.3, 0.4) is 0 Å². The fraction of sp³-hybridized carbons (Fsp3) is 1.00. The van der Waals surface area contributed by atoms with E-state index in [0.29, 0.717) is 6.42 Å². The van der Waals surface area contributed by atoms with Crippen LogP contribution in [-0.2, 0) is 0 Å². The molecule has 1 unspecified atom stereocenters. The summed E-state index contributed by atoms with van der Waals surface area (Å²) in [6, 6.07) is 0. The van der Waals surface area contributed by atoms with Crippen LogP contribution in [0.25, 0.3) is 0 Å². The van der Waals surface area contributed by atoms with Crippen LogP contribution in [0.1, 0.15) is 19.3 Å². The molecule has 3 heteroatoms. The molecule has 1 fully saturated rings. The van der Waals surface area contributed by atoms with Crippen molar-refractivity contribution < 1.29 is 15.3 Å². The summed E-state index contributed by atoms with van der Waals surface area (Å²) in [6.45, 7) is -0.0156. The Morgan fingerprint density at radius 2 is 1.90 bits per heavy atom. The molecule has 1 saturated carbocycles. The molecule has 60 valence electrons. The first-order valence-electron chi connectivity index (χ1n) is 3.72. The summed E-state index contributed by atoms with van der Waals surface area (Å²) in [4.78, 5) is 0. The molecule has 0 amide bonds. The maximum atomic E-state index is 9.23. The molecule has 1 rings (SSSR count). The van der Waals surface area contributed by atoms with Crippen molar-refractivity contribution in [2.24, 2.45) is 5.92 Å². The first kappa shape index (κ1) is 7.98. The highest BCUT2D eigenvalue weighted by molar-refractivity contribution is 4.80. The highest BCUT2D eigenvalue weighted by Gasteiger charge is 2.29. The Hall–Kier alpha value is -0.120. The van der Waals surface area contributed by atoms with E-state index in [0.717, 1.165) is 12.8 Å². The van der Waals surface area contributed by atoms with Gasteiger partial charge in [-0.25, -0.2) is 0 Å². The maximum absolute atomic E-state index is 9.23. The highest BCUT2D eigenvalue weighted by atomic mass is 16.3. The first-order valence-corrected chi connectivity index (χ1v) is 3.72. The van der Waals surface area contributed by atoms with Crippen LogP contribution in [0.4, 0.5) is 0 Å². The molecule has 0 saturated heterocycles. The van der Waals surface area contributed by atoms with Crippen molar-refractivity contribution in [3.8, 4) is 0 Å². The fourth-order valence-corrected chi connectivity index (χ4v) is 1.44. The van der Waals surface area contributed by atoms with Crippen molar-refractivity contribution >= 4 is 0 Å². The lowest BCUT2D eigenvalue weighted by atomic mass is 9.85. The zero-order valence-corrected chi connectivity index (χ0v) is 5.90. The van der Waals surface area contributed by atoms with Crippen LogP contribution in [0, 0.1) is 5.92 Å². The van der Waals surface area contributed by atoms with Crippen LogP contribution >= 0.6 is 0 Å². The topological polar surface area (TPSA) is 60.7 Å². The quantitative estimate of drug-likeness (QED) is 0.467. The summed E-state index contributed by atoms with van der Waals surface area (Å²) in [5.41, 5.74) is 0. The van der Waals surface area contributed by atoms with E-state index in [9.17, 15) is 5.11 Å². The monoisotopic (exact) mass is 146 g/mol. The average molecular weight is 146 g/mol. The van der Waals surface area contributed by atoms with Gasteiger partial charge < -0.3 is 15.3 Å². The van der Waals surface area contributed by atoms with Crippen LogP contribution in [0.2, 0.25) is 0 Å². The van der Waals surface area contributed by atoms with Crippen LogP contribution in [0.15, 0.2) is 0 Å². The van der Waals surface area contributed by atoms with Gasteiger partial charge in [-0.2, -0.15) is 0 Å². The lowest BCUT2D eigenvalue weighted by Crippen LogP contribution is -2.38. The van der Waals surface area contributed by atoms with Crippen molar-refractivity contribution in [2.75, 3.05) is 6.61 Å². The van der Waals surface area contributed by atoms with E-state index < -0.39 is 12.2 Å². The predicted molar refractivity (Wildman–Crippen MR) is 36.4 cm³/mol. The molecule has 0 heterocycles. The van der Waals surface area contributed by atoms with E-state index in [-0.39, 0.29) is 12.5 Å². The van der Waals surface area contributed by atoms with E-state index in [2.05, 4.69) is 0 Å². The zero-order chi connectivity index (χ0) is 7.56. The number of aliphatic hydroxyl groups is 3. The molecule has 3 N–H and O–H groups in total. The van der Waals surface area contributed by atoms with Gasteiger partial charge in [0.2, 0.25) is 0 Å². The van der Waals surface area contributed by atoms with Crippen molar-refractivity contribution in [3.05, 3.63) is 0 Å². The van der Waals surface area contributed by atoms with Crippen LogP contribution in [-0.4, -0.2) is 34.1 Å². The van der Waals surface area contributed by atoms with E-state index in [4.69, 9.17) is 10.2 Å². The zero-order valence-electron chi connectivity index (χ0n) is 5.90. The van der Waals surface area contributed by atoms with Crippen molar-refractivity contribution in [3.63, 3.8) is 0 Å². The smallest absolute Gasteiger partial charge is 0.0849 e. The SMILES string of the molecule is OCC1CCC[C@@H](O)[C@@H]1O. The second kappa shape index (κ2) is 3.32. The largest absolute Gasteiger partial charge is 0.396 e. The Bertz CT molecular complexity index is 105. The van der Waals surface area contributed by atoms with Gasteiger partial charge in [-0.3, -0.25) is 0 Å². The minimum atomic E-state index is -0.709. The molecule has 1 aliphatic carbocycles. The third kappa shape index (κ3) is 1.48. The van der Waals surface area contributed by atoms with Gasteiger partial charge in [0.05, 0.1) is 12.2 Å². The highest BCUT2D eigenvalue weighted by Crippen LogP contribution is 2.23. The van der Waals surface area contributed by atoms with Gasteiger partial charge in [-0.15, -0.1) is 0 Å². The van der Waals surface area contributed by atoms with Gasteiger partial charge in [0.25, 0.3) is 0 Å². The van der Waals surface area contributed by atoms with Crippen molar-refractivity contribution in [1.82, 2.24) is 0 Å². The molecular formula is C7H14O3. The second-order valence-electron chi connectivity index (χ2n) is 2.93. The maximum Gasteiger partial charge on any atom is 0.0849 e. The van der Waals surface area contributed by atoms with Crippen molar-refractivity contribution in [2.45, 2.75) is 31.5 Å². The predicted octanol–water partition coefficient (Wildman–Crippen LogP) is -0.499. The van der Waals surface area contributed by atoms with E-state index in [1.165, 1.54) is 0 Å². The Kier molecular flexibility index (Phi) is 2.65. The third-order valence-electron chi connectivity index (χ3n) is 2.19. The molecule has 0 spiro atoms. The molecule has 0 aromatic carbocycles. The minimum Gasteiger partial charge on any atom is -0.396 e. The third-order valence-corrected chi connectivity index (χ3v) is 2.19. The molecule has 0 aliphatic heterocycles. The molecular weight excluding hydrogens is 132 g/mol. The normalized spacial score (nSPS) is 41.7. The number of aliphatic hydroxyl groups excluding tert-OH is 3. The first-order chi connectivity index (χ1) is 4.75. The van der Waals surface area contributed by atoms with Crippen molar-refractivity contribution in [1.29, 1.82) is 0 Å². The molecule has 3 nitrogen and oxygen atoms in total. The second-order valence-corrected chi connectivity index (χ2v) is 2.93. The number of hydrogen-bond acceptors (Lipinski definition) is 3. The lowest BCUT2D eigenvalue weighted by molar-refractivity contribution is -0.0585. The van der Waals surface area contributed by atoms with E-state index >= 15 is 0 Å². The molecule has 0 radical (unpaired) electrons. The van der Waals surface area contributed by atoms with Crippen LogP contribution < -0.4 is 0 Å². The van der Waals surface area contributed by atoms with E-state index in [1.54, 1.807) is 0 Å². The van der Waals surface area contributed by atoms with Gasteiger partial charge >= 0.3 is 0 Å². The molecule has 1 aliphatic rings. The van der Waals surface area contributed by atoms with Gasteiger partial charge in [0, 0.05) is 12.5 Å². The lowest BCUT2D eigenvalue weighted by Gasteiger charge is -2.30. The Morgan fingerprint density at radius 1 is 1.20 bits per heavy atom. The van der Waals surface area contributed by atoms with Gasteiger partial charge in [0.15, 0.2) is 0 Å². The molecule has 0 aromatic heterocycles. The Balaban J connectivity index is 2.42. The fourth-order valence-electron chi connectivity index (χ4n) is 1.44. The van der Waals surface area contributed by atoms with E-state index in [1.807, 2.05) is 0 Å². The summed E-state index contributed by atoms with van der Waals surface area (Å²) in [7, 11) is 0. The van der Waals surface area contributed by atoms with Crippen LogP contribution in [0.5, 0.6) is 0 Å². The number of rotatable bonds is 1. The van der Waals surface area contributed by atoms with Gasteiger partial charge in [-0.05, 0) is 12.8 Å². The van der Waals surface area contributed by atoms with Gasteiger partial charge in [0.1, 0.15) is 0 Å². The van der Waals surface area contributed by atoms with Gasteiger partial charge in [-0.1, -0.05) is 6.42 Å². The summed E-state index contributed by atoms with van der Waals surface area (Å²) < 4.78 is 0. The summed E-state index contributed by atoms with van der Waals surface area (Å²) in [5.74, 6) is -0.108. The standard InChI is InChI=1S/C7H14O3/c8-4-5-2-1-3-6(9)7(5)10/h5-10H,1-4H2/t5?,6-,7-/m1/s1. The molecule has 10 heavy (non-hydrogen) atoms. The summed E-state index contributed by atoms with van der Waals surface area (Å²) in [6.07, 6.45) is 1.07. The molecule has 0 aromatic rings. The average Bonchev–Trinajstić information content (AvgIpc) is 1.95. The summed E-state index contributed by atoms with van der Waals surface area (Å²) in [5, 5.41) is 27.1. The molecule has 3 atom stereocenters. The minimum absolute atomic E-state index is 0.0156.